The lowest BCUT2D eigenvalue weighted by Gasteiger charge is -1.97. The van der Waals surface area contributed by atoms with E-state index < -0.39 is 5.97 Å². The van der Waals surface area contributed by atoms with Crippen molar-refractivity contribution in [2.45, 2.75) is 0 Å². The monoisotopic (exact) mass is 239 g/mol. The number of nitrogens with zero attached hydrogens (tertiary/aromatic N) is 3. The van der Waals surface area contributed by atoms with Crippen LogP contribution in [0.5, 0.6) is 0 Å². The van der Waals surface area contributed by atoms with Gasteiger partial charge < -0.3 is 5.11 Å². The molecule has 1 N–H and O–H groups in total. The van der Waals surface area contributed by atoms with Gasteiger partial charge in [-0.1, -0.05) is 12.1 Å². The number of carbonyl (C=O) groups is 1. The minimum Gasteiger partial charge on any atom is -0.477 e. The summed E-state index contributed by atoms with van der Waals surface area (Å²) in [5, 5.41) is 9.10. The van der Waals surface area contributed by atoms with Crippen LogP contribution in [0, 0.1) is 0 Å². The summed E-state index contributed by atoms with van der Waals surface area (Å²) in [6, 6.07) is 10.5. The van der Waals surface area contributed by atoms with Gasteiger partial charge in [0.15, 0.2) is 0 Å². The van der Waals surface area contributed by atoms with Gasteiger partial charge in [-0.2, -0.15) is 0 Å². The molecular formula is C13H9N3O2. The molecule has 0 aliphatic rings. The van der Waals surface area contributed by atoms with Crippen molar-refractivity contribution in [2.24, 2.45) is 0 Å². The first kappa shape index (κ1) is 10.5. The SMILES string of the molecule is O=C(O)c1cccc2nc(-c3ccccn3)cn12. The summed E-state index contributed by atoms with van der Waals surface area (Å²) in [4.78, 5) is 19.7. The average Bonchev–Trinajstić information content (AvgIpc) is 2.83. The highest BCUT2D eigenvalue weighted by atomic mass is 16.4. The van der Waals surface area contributed by atoms with Gasteiger partial charge in [-0.15, -0.1) is 0 Å². The normalized spacial score (nSPS) is 10.7. The Morgan fingerprint density at radius 2 is 2.00 bits per heavy atom. The first-order valence-electron chi connectivity index (χ1n) is 5.38. The maximum absolute atomic E-state index is 11.1. The molecule has 0 saturated carbocycles. The number of pyridine rings is 2. The predicted molar refractivity (Wildman–Crippen MR) is 65.4 cm³/mol. The molecule has 0 aliphatic carbocycles. The van der Waals surface area contributed by atoms with Gasteiger partial charge in [0.05, 0.1) is 5.69 Å². The highest BCUT2D eigenvalue weighted by Crippen LogP contribution is 2.17. The number of imidazole rings is 1. The first-order valence-corrected chi connectivity index (χ1v) is 5.38. The number of aromatic carboxylic acids is 1. The van der Waals surface area contributed by atoms with E-state index in [1.165, 1.54) is 0 Å². The molecule has 18 heavy (non-hydrogen) atoms. The lowest BCUT2D eigenvalue weighted by Crippen LogP contribution is -2.03. The Kier molecular flexibility index (Phi) is 2.30. The quantitative estimate of drug-likeness (QED) is 0.743. The smallest absolute Gasteiger partial charge is 0.352 e. The first-order chi connectivity index (χ1) is 8.75. The molecule has 3 aromatic rings. The number of carboxylic acids is 1. The third kappa shape index (κ3) is 1.62. The van der Waals surface area contributed by atoms with Crippen LogP contribution in [0.15, 0.2) is 48.8 Å². The maximum atomic E-state index is 11.1. The van der Waals surface area contributed by atoms with Crippen LogP contribution in [-0.2, 0) is 0 Å². The molecule has 88 valence electrons. The largest absolute Gasteiger partial charge is 0.477 e. The molecule has 3 aromatic heterocycles. The summed E-state index contributed by atoms with van der Waals surface area (Å²) >= 11 is 0. The fraction of sp³-hybridized carbons (Fsp3) is 0. The number of aromatic nitrogens is 3. The van der Waals surface area contributed by atoms with Crippen molar-refractivity contribution in [3.05, 3.63) is 54.5 Å². The van der Waals surface area contributed by atoms with E-state index in [0.29, 0.717) is 11.3 Å². The molecule has 5 nitrogen and oxygen atoms in total. The standard InChI is InChI=1S/C13H9N3O2/c17-13(18)11-5-3-6-12-15-10(8-16(11)12)9-4-1-2-7-14-9/h1-8H,(H,17,18). The predicted octanol–water partition coefficient (Wildman–Crippen LogP) is 2.09. The third-order valence-electron chi connectivity index (χ3n) is 2.64. The molecule has 0 unspecified atom stereocenters. The van der Waals surface area contributed by atoms with Crippen LogP contribution in [0.3, 0.4) is 0 Å². The van der Waals surface area contributed by atoms with Gasteiger partial charge in [-0.05, 0) is 24.3 Å². The van der Waals surface area contributed by atoms with Crippen molar-refractivity contribution >= 4 is 11.6 Å². The average molecular weight is 239 g/mol. The lowest BCUT2D eigenvalue weighted by molar-refractivity contribution is 0.0689. The Morgan fingerprint density at radius 3 is 2.72 bits per heavy atom. The van der Waals surface area contributed by atoms with E-state index in [4.69, 9.17) is 5.11 Å². The van der Waals surface area contributed by atoms with Crippen LogP contribution in [-0.4, -0.2) is 25.4 Å². The lowest BCUT2D eigenvalue weighted by atomic mass is 10.3. The van der Waals surface area contributed by atoms with Gasteiger partial charge in [0.1, 0.15) is 17.0 Å². The van der Waals surface area contributed by atoms with Crippen molar-refractivity contribution < 1.29 is 9.90 Å². The summed E-state index contributed by atoms with van der Waals surface area (Å²) in [6.07, 6.45) is 3.36. The molecule has 3 rings (SSSR count). The van der Waals surface area contributed by atoms with Crippen molar-refractivity contribution in [3.8, 4) is 11.4 Å². The zero-order valence-electron chi connectivity index (χ0n) is 9.32. The van der Waals surface area contributed by atoms with Gasteiger partial charge >= 0.3 is 5.97 Å². The van der Waals surface area contributed by atoms with Crippen molar-refractivity contribution in [2.75, 3.05) is 0 Å². The van der Waals surface area contributed by atoms with Crippen LogP contribution < -0.4 is 0 Å². The fourth-order valence-electron chi connectivity index (χ4n) is 1.82. The highest BCUT2D eigenvalue weighted by molar-refractivity contribution is 5.86. The molecule has 0 amide bonds. The van der Waals surface area contributed by atoms with E-state index in [2.05, 4.69) is 9.97 Å². The Bertz CT molecular complexity index is 719. The summed E-state index contributed by atoms with van der Waals surface area (Å²) in [5.74, 6) is -0.981. The third-order valence-corrected chi connectivity index (χ3v) is 2.64. The second kappa shape index (κ2) is 3.96. The van der Waals surface area contributed by atoms with Crippen molar-refractivity contribution in [1.29, 1.82) is 0 Å². The fourth-order valence-corrected chi connectivity index (χ4v) is 1.82. The van der Waals surface area contributed by atoms with E-state index in [0.717, 1.165) is 5.69 Å². The molecule has 0 spiro atoms. The van der Waals surface area contributed by atoms with Gasteiger partial charge in [0.25, 0.3) is 0 Å². The summed E-state index contributed by atoms with van der Waals surface area (Å²) in [6.45, 7) is 0. The van der Waals surface area contributed by atoms with E-state index in [1.54, 1.807) is 35.0 Å². The van der Waals surface area contributed by atoms with E-state index >= 15 is 0 Å². The molecule has 0 bridgehead atoms. The Balaban J connectivity index is 2.23. The van der Waals surface area contributed by atoms with Gasteiger partial charge in [-0.25, -0.2) is 9.78 Å². The molecule has 0 fully saturated rings. The highest BCUT2D eigenvalue weighted by Gasteiger charge is 2.11. The molecule has 0 aliphatic heterocycles. The summed E-state index contributed by atoms with van der Waals surface area (Å²) < 4.78 is 1.55. The van der Waals surface area contributed by atoms with Gasteiger partial charge in [0, 0.05) is 12.4 Å². The zero-order valence-corrected chi connectivity index (χ0v) is 9.32. The molecule has 5 heteroatoms. The van der Waals surface area contributed by atoms with Crippen molar-refractivity contribution in [3.63, 3.8) is 0 Å². The van der Waals surface area contributed by atoms with Gasteiger partial charge in [-0.3, -0.25) is 9.38 Å². The molecular weight excluding hydrogens is 230 g/mol. The zero-order chi connectivity index (χ0) is 12.5. The number of fused-ring (bicyclic) bond motifs is 1. The number of hydrogen-bond acceptors (Lipinski definition) is 3. The Hall–Kier alpha value is -2.69. The summed E-state index contributed by atoms with van der Waals surface area (Å²) in [5.41, 5.74) is 2.15. The minimum absolute atomic E-state index is 0.183. The van der Waals surface area contributed by atoms with Crippen LogP contribution >= 0.6 is 0 Å². The van der Waals surface area contributed by atoms with Crippen LogP contribution in [0.2, 0.25) is 0 Å². The summed E-state index contributed by atoms with van der Waals surface area (Å²) in [7, 11) is 0. The number of carboxylic acid groups (broad SMARTS) is 1. The Labute approximate surface area is 102 Å². The Morgan fingerprint density at radius 1 is 1.11 bits per heavy atom. The topological polar surface area (TPSA) is 67.5 Å². The van der Waals surface area contributed by atoms with E-state index in [-0.39, 0.29) is 5.69 Å². The second-order valence-electron chi connectivity index (χ2n) is 3.79. The maximum Gasteiger partial charge on any atom is 0.352 e. The second-order valence-corrected chi connectivity index (χ2v) is 3.79. The van der Waals surface area contributed by atoms with Gasteiger partial charge in [0.2, 0.25) is 0 Å². The van der Waals surface area contributed by atoms with Crippen LogP contribution in [0.1, 0.15) is 10.5 Å². The van der Waals surface area contributed by atoms with Crippen LogP contribution in [0.25, 0.3) is 17.0 Å². The minimum atomic E-state index is -0.981. The number of rotatable bonds is 2. The van der Waals surface area contributed by atoms with E-state index in [1.807, 2.05) is 18.2 Å². The molecule has 0 saturated heterocycles. The number of hydrogen-bond donors (Lipinski definition) is 1. The van der Waals surface area contributed by atoms with Crippen LogP contribution in [0.4, 0.5) is 0 Å². The molecule has 0 atom stereocenters. The molecule has 0 radical (unpaired) electrons. The molecule has 3 heterocycles. The van der Waals surface area contributed by atoms with Crippen molar-refractivity contribution in [1.82, 2.24) is 14.4 Å². The van der Waals surface area contributed by atoms with E-state index in [9.17, 15) is 4.79 Å². The molecule has 0 aromatic carbocycles.